The highest BCUT2D eigenvalue weighted by Crippen LogP contribution is 2.28. The number of ether oxygens (including phenoxy) is 2. The van der Waals surface area contributed by atoms with Crippen LogP contribution in [0.15, 0.2) is 30.3 Å². The summed E-state index contributed by atoms with van der Waals surface area (Å²) in [5, 5.41) is 3.05. The van der Waals surface area contributed by atoms with Gasteiger partial charge in [-0.1, -0.05) is 30.3 Å². The van der Waals surface area contributed by atoms with Gasteiger partial charge in [-0.3, -0.25) is 9.69 Å². The minimum Gasteiger partial charge on any atom is -0.466 e. The molecule has 1 aliphatic rings. The van der Waals surface area contributed by atoms with Crippen molar-refractivity contribution in [3.05, 3.63) is 35.9 Å². The molecule has 1 saturated heterocycles. The second-order valence-electron chi connectivity index (χ2n) is 8.16. The lowest BCUT2D eigenvalue weighted by Crippen LogP contribution is -2.52. The molecular weight excluding hydrogens is 344 g/mol. The standard InChI is InChI=1S/C21H32N2O4/c1-5-26-18(24)11-12-21(22-19(25)27-20(2,3)4)13-14-23(16-21)15-17-9-7-6-8-10-17/h6-10H,5,11-16H2,1-4H3,(H,22,25). The summed E-state index contributed by atoms with van der Waals surface area (Å²) in [4.78, 5) is 26.5. The molecule has 27 heavy (non-hydrogen) atoms. The Balaban J connectivity index is 2.03. The highest BCUT2D eigenvalue weighted by atomic mass is 16.6. The molecule has 6 nitrogen and oxygen atoms in total. The molecule has 0 spiro atoms. The summed E-state index contributed by atoms with van der Waals surface area (Å²) in [7, 11) is 0. The van der Waals surface area contributed by atoms with E-state index < -0.39 is 17.2 Å². The maximum Gasteiger partial charge on any atom is 0.408 e. The van der Waals surface area contributed by atoms with E-state index in [1.165, 1.54) is 5.56 Å². The first-order valence-corrected chi connectivity index (χ1v) is 9.64. The van der Waals surface area contributed by atoms with Gasteiger partial charge in [-0.05, 0) is 46.1 Å². The summed E-state index contributed by atoms with van der Waals surface area (Å²) in [5.74, 6) is -0.232. The molecule has 1 N–H and O–H groups in total. The van der Waals surface area contributed by atoms with Crippen LogP contribution < -0.4 is 5.32 Å². The minimum atomic E-state index is -0.561. The molecule has 0 saturated carbocycles. The van der Waals surface area contributed by atoms with E-state index in [4.69, 9.17) is 9.47 Å². The quantitative estimate of drug-likeness (QED) is 0.738. The van der Waals surface area contributed by atoms with E-state index in [-0.39, 0.29) is 12.4 Å². The van der Waals surface area contributed by atoms with Crippen LogP contribution in [0.5, 0.6) is 0 Å². The van der Waals surface area contributed by atoms with Crippen molar-refractivity contribution >= 4 is 12.1 Å². The van der Waals surface area contributed by atoms with Crippen molar-refractivity contribution in [3.8, 4) is 0 Å². The zero-order valence-corrected chi connectivity index (χ0v) is 16.9. The third-order valence-corrected chi connectivity index (χ3v) is 4.56. The molecule has 1 aromatic carbocycles. The van der Waals surface area contributed by atoms with Crippen LogP contribution >= 0.6 is 0 Å². The Bertz CT molecular complexity index is 627. The molecule has 0 aromatic heterocycles. The molecule has 2 rings (SSSR count). The predicted octanol–water partition coefficient (Wildman–Crippen LogP) is 3.50. The van der Waals surface area contributed by atoms with Gasteiger partial charge in [0.15, 0.2) is 0 Å². The average molecular weight is 376 g/mol. The summed E-state index contributed by atoms with van der Waals surface area (Å²) >= 11 is 0. The SMILES string of the molecule is CCOC(=O)CCC1(NC(=O)OC(C)(C)C)CCN(Cc2ccccc2)C1. The third-order valence-electron chi connectivity index (χ3n) is 4.56. The van der Waals surface area contributed by atoms with Gasteiger partial charge < -0.3 is 14.8 Å². The van der Waals surface area contributed by atoms with E-state index >= 15 is 0 Å². The van der Waals surface area contributed by atoms with Crippen molar-refractivity contribution in [2.24, 2.45) is 0 Å². The number of alkyl carbamates (subject to hydrolysis) is 1. The number of nitrogens with zero attached hydrogens (tertiary/aromatic N) is 1. The fraction of sp³-hybridized carbons (Fsp3) is 0.619. The summed E-state index contributed by atoms with van der Waals surface area (Å²) < 4.78 is 10.5. The molecule has 0 radical (unpaired) electrons. The zero-order valence-electron chi connectivity index (χ0n) is 16.9. The molecule has 1 amide bonds. The van der Waals surface area contributed by atoms with E-state index in [9.17, 15) is 9.59 Å². The summed E-state index contributed by atoms with van der Waals surface area (Å²) in [6.45, 7) is 10.0. The normalized spacial score (nSPS) is 20.3. The van der Waals surface area contributed by atoms with Crippen LogP contribution in [-0.4, -0.2) is 47.8 Å². The van der Waals surface area contributed by atoms with Crippen LogP contribution in [0.2, 0.25) is 0 Å². The number of nitrogens with one attached hydrogen (secondary N) is 1. The number of esters is 1. The largest absolute Gasteiger partial charge is 0.466 e. The number of carbonyl (C=O) groups is 2. The molecule has 0 aliphatic carbocycles. The van der Waals surface area contributed by atoms with Gasteiger partial charge in [-0.2, -0.15) is 0 Å². The Morgan fingerprint density at radius 3 is 2.56 bits per heavy atom. The number of likely N-dealkylation sites (tertiary alicyclic amines) is 1. The van der Waals surface area contributed by atoms with Crippen LogP contribution in [-0.2, 0) is 20.8 Å². The van der Waals surface area contributed by atoms with Crippen molar-refractivity contribution in [2.75, 3.05) is 19.7 Å². The lowest BCUT2D eigenvalue weighted by Gasteiger charge is -2.32. The lowest BCUT2D eigenvalue weighted by molar-refractivity contribution is -0.143. The van der Waals surface area contributed by atoms with Crippen molar-refractivity contribution in [1.29, 1.82) is 0 Å². The first kappa shape index (κ1) is 21.2. The van der Waals surface area contributed by atoms with Gasteiger partial charge in [0.25, 0.3) is 0 Å². The number of amides is 1. The predicted molar refractivity (Wildman–Crippen MR) is 104 cm³/mol. The molecule has 0 bridgehead atoms. The molecule has 1 heterocycles. The smallest absolute Gasteiger partial charge is 0.408 e. The number of hydrogen-bond donors (Lipinski definition) is 1. The number of benzene rings is 1. The van der Waals surface area contributed by atoms with Crippen LogP contribution in [0.4, 0.5) is 4.79 Å². The molecule has 6 heteroatoms. The second-order valence-corrected chi connectivity index (χ2v) is 8.16. The molecule has 1 unspecified atom stereocenters. The van der Waals surface area contributed by atoms with Crippen molar-refractivity contribution in [2.45, 2.75) is 64.6 Å². The van der Waals surface area contributed by atoms with Gasteiger partial charge in [0.05, 0.1) is 12.1 Å². The van der Waals surface area contributed by atoms with Gasteiger partial charge in [-0.25, -0.2) is 4.79 Å². The molecule has 1 atom stereocenters. The Morgan fingerprint density at radius 1 is 1.22 bits per heavy atom. The van der Waals surface area contributed by atoms with E-state index in [1.807, 2.05) is 39.0 Å². The van der Waals surface area contributed by atoms with Gasteiger partial charge >= 0.3 is 12.1 Å². The van der Waals surface area contributed by atoms with Crippen LogP contribution in [0.25, 0.3) is 0 Å². The van der Waals surface area contributed by atoms with Crippen LogP contribution in [0.3, 0.4) is 0 Å². The lowest BCUT2D eigenvalue weighted by atomic mass is 9.92. The summed E-state index contributed by atoms with van der Waals surface area (Å²) in [5.41, 5.74) is 0.189. The average Bonchev–Trinajstić information content (AvgIpc) is 2.95. The summed E-state index contributed by atoms with van der Waals surface area (Å²) in [6.07, 6.45) is 1.16. The first-order valence-electron chi connectivity index (χ1n) is 9.64. The van der Waals surface area contributed by atoms with Gasteiger partial charge in [0.1, 0.15) is 5.60 Å². The van der Waals surface area contributed by atoms with E-state index in [0.717, 1.165) is 19.5 Å². The van der Waals surface area contributed by atoms with E-state index in [1.54, 1.807) is 6.92 Å². The highest BCUT2D eigenvalue weighted by molar-refractivity contribution is 5.71. The molecular formula is C21H32N2O4. The Hall–Kier alpha value is -2.08. The van der Waals surface area contributed by atoms with Crippen LogP contribution in [0, 0.1) is 0 Å². The fourth-order valence-corrected chi connectivity index (χ4v) is 3.40. The van der Waals surface area contributed by atoms with Crippen molar-refractivity contribution in [3.63, 3.8) is 0 Å². The van der Waals surface area contributed by atoms with Crippen molar-refractivity contribution in [1.82, 2.24) is 10.2 Å². The van der Waals surface area contributed by atoms with E-state index in [2.05, 4.69) is 22.3 Å². The fourth-order valence-electron chi connectivity index (χ4n) is 3.40. The molecule has 1 aromatic rings. The third kappa shape index (κ3) is 7.21. The Labute approximate surface area is 162 Å². The zero-order chi connectivity index (χ0) is 19.9. The topological polar surface area (TPSA) is 67.9 Å². The number of carbonyl (C=O) groups excluding carboxylic acids is 2. The van der Waals surface area contributed by atoms with E-state index in [0.29, 0.717) is 19.6 Å². The monoisotopic (exact) mass is 376 g/mol. The van der Waals surface area contributed by atoms with Crippen molar-refractivity contribution < 1.29 is 19.1 Å². The molecule has 1 aliphatic heterocycles. The maximum absolute atomic E-state index is 12.4. The molecule has 1 fully saturated rings. The van der Waals surface area contributed by atoms with Gasteiger partial charge in [0, 0.05) is 26.1 Å². The summed E-state index contributed by atoms with van der Waals surface area (Å²) in [6, 6.07) is 10.2. The second kappa shape index (κ2) is 9.22. The van der Waals surface area contributed by atoms with Gasteiger partial charge in [-0.15, -0.1) is 0 Å². The number of hydrogen-bond acceptors (Lipinski definition) is 5. The van der Waals surface area contributed by atoms with Gasteiger partial charge in [0.2, 0.25) is 0 Å². The number of rotatable bonds is 7. The minimum absolute atomic E-state index is 0.232. The highest BCUT2D eigenvalue weighted by Gasteiger charge is 2.40. The molecule has 150 valence electrons. The first-order chi connectivity index (χ1) is 12.7. The van der Waals surface area contributed by atoms with Crippen LogP contribution in [0.1, 0.15) is 52.5 Å². The Kier molecular flexibility index (Phi) is 7.25. The maximum atomic E-state index is 12.4. The Morgan fingerprint density at radius 2 is 1.93 bits per heavy atom.